The van der Waals surface area contributed by atoms with Crippen molar-refractivity contribution in [1.82, 2.24) is 10.3 Å². The first-order valence-electron chi connectivity index (χ1n) is 5.67. The molecular formula is C13H15ClN2OS. The van der Waals surface area contributed by atoms with Crippen molar-refractivity contribution in [2.75, 3.05) is 7.11 Å². The fourth-order valence-corrected chi connectivity index (χ4v) is 2.65. The van der Waals surface area contributed by atoms with Gasteiger partial charge in [0.1, 0.15) is 15.1 Å². The van der Waals surface area contributed by atoms with Gasteiger partial charge < -0.3 is 10.1 Å². The molecule has 0 aliphatic heterocycles. The van der Waals surface area contributed by atoms with Crippen LogP contribution in [0.2, 0.25) is 4.34 Å². The number of methoxy groups -OCH3 is 1. The summed E-state index contributed by atoms with van der Waals surface area (Å²) in [6.45, 7) is 2.81. The Hall–Kier alpha value is -1.10. The van der Waals surface area contributed by atoms with E-state index in [2.05, 4.69) is 23.3 Å². The summed E-state index contributed by atoms with van der Waals surface area (Å²) in [4.78, 5) is 4.22. The molecule has 0 aliphatic rings. The van der Waals surface area contributed by atoms with Gasteiger partial charge in [0.05, 0.1) is 13.3 Å². The summed E-state index contributed by atoms with van der Waals surface area (Å²) in [5.41, 5.74) is 1.14. The predicted molar refractivity (Wildman–Crippen MR) is 75.4 cm³/mol. The van der Waals surface area contributed by atoms with Gasteiger partial charge >= 0.3 is 0 Å². The average molecular weight is 283 g/mol. The molecule has 0 radical (unpaired) electrons. The summed E-state index contributed by atoms with van der Waals surface area (Å²) in [5.74, 6) is 0.898. The molecule has 0 saturated carbocycles. The fourth-order valence-electron chi connectivity index (χ4n) is 1.74. The molecule has 1 N–H and O–H groups in total. The molecule has 1 atom stereocenters. The fraction of sp³-hybridized carbons (Fsp3) is 0.308. The maximum Gasteiger partial charge on any atom is 0.123 e. The van der Waals surface area contributed by atoms with Crippen LogP contribution in [0.15, 0.2) is 30.5 Å². The topological polar surface area (TPSA) is 34.1 Å². The Bertz CT molecular complexity index is 515. The molecule has 2 aromatic rings. The lowest BCUT2D eigenvalue weighted by Gasteiger charge is -2.16. The molecule has 0 saturated heterocycles. The summed E-state index contributed by atoms with van der Waals surface area (Å²) in [6.07, 6.45) is 1.68. The van der Waals surface area contributed by atoms with Crippen molar-refractivity contribution < 1.29 is 4.74 Å². The van der Waals surface area contributed by atoms with Crippen molar-refractivity contribution in [3.63, 3.8) is 0 Å². The van der Waals surface area contributed by atoms with Crippen LogP contribution in [0.5, 0.6) is 5.75 Å². The normalized spacial score (nSPS) is 12.4. The Morgan fingerprint density at radius 2 is 2.22 bits per heavy atom. The van der Waals surface area contributed by atoms with Gasteiger partial charge in [0.15, 0.2) is 0 Å². The lowest BCUT2D eigenvalue weighted by Crippen LogP contribution is -2.18. The molecule has 0 fully saturated rings. The number of rotatable bonds is 5. The van der Waals surface area contributed by atoms with Crippen LogP contribution in [-0.2, 0) is 6.54 Å². The van der Waals surface area contributed by atoms with Gasteiger partial charge in [-0.05, 0) is 13.0 Å². The summed E-state index contributed by atoms with van der Waals surface area (Å²) in [6, 6.07) is 8.20. The van der Waals surface area contributed by atoms with Crippen LogP contribution in [0.4, 0.5) is 0 Å². The SMILES string of the molecule is COc1ccccc1[C@H](C)NCc1ncc(Cl)s1. The zero-order valence-electron chi connectivity index (χ0n) is 10.3. The molecule has 18 heavy (non-hydrogen) atoms. The number of hydrogen-bond acceptors (Lipinski definition) is 4. The minimum Gasteiger partial charge on any atom is -0.496 e. The van der Waals surface area contributed by atoms with Crippen molar-refractivity contribution in [1.29, 1.82) is 0 Å². The monoisotopic (exact) mass is 282 g/mol. The Balaban J connectivity index is 2.01. The molecule has 0 amide bonds. The molecule has 0 bridgehead atoms. The minimum atomic E-state index is 0.198. The van der Waals surface area contributed by atoms with Crippen LogP contribution < -0.4 is 10.1 Å². The molecule has 1 aromatic carbocycles. The van der Waals surface area contributed by atoms with Gasteiger partial charge in [0, 0.05) is 18.2 Å². The van der Waals surface area contributed by atoms with Crippen molar-refractivity contribution in [2.45, 2.75) is 19.5 Å². The highest BCUT2D eigenvalue weighted by atomic mass is 35.5. The van der Waals surface area contributed by atoms with Crippen molar-refractivity contribution in [3.05, 3.63) is 45.4 Å². The van der Waals surface area contributed by atoms with Crippen LogP contribution in [0.3, 0.4) is 0 Å². The van der Waals surface area contributed by atoms with E-state index >= 15 is 0 Å². The number of benzene rings is 1. The van der Waals surface area contributed by atoms with Gasteiger partial charge in [-0.2, -0.15) is 0 Å². The van der Waals surface area contributed by atoms with E-state index in [-0.39, 0.29) is 6.04 Å². The van der Waals surface area contributed by atoms with Gasteiger partial charge in [0.2, 0.25) is 0 Å². The summed E-state index contributed by atoms with van der Waals surface area (Å²) in [5, 5.41) is 4.40. The Morgan fingerprint density at radius 3 is 2.89 bits per heavy atom. The van der Waals surface area contributed by atoms with E-state index in [4.69, 9.17) is 16.3 Å². The standard InChI is InChI=1S/C13H15ClN2OS/c1-9(10-5-3-4-6-11(10)17-2)15-8-13-16-7-12(14)18-13/h3-7,9,15H,8H2,1-2H3/t9-/m0/s1. The number of nitrogens with zero attached hydrogens (tertiary/aromatic N) is 1. The highest BCUT2D eigenvalue weighted by Gasteiger charge is 2.10. The molecular weight excluding hydrogens is 268 g/mol. The number of para-hydroxylation sites is 1. The third-order valence-electron chi connectivity index (χ3n) is 2.69. The van der Waals surface area contributed by atoms with E-state index in [0.29, 0.717) is 6.54 Å². The predicted octanol–water partition coefficient (Wildman–Crippen LogP) is 3.66. The minimum absolute atomic E-state index is 0.198. The molecule has 0 spiro atoms. The van der Waals surface area contributed by atoms with E-state index in [9.17, 15) is 0 Å². The number of thiazole rings is 1. The van der Waals surface area contributed by atoms with Gasteiger partial charge in [0.25, 0.3) is 0 Å². The second-order valence-electron chi connectivity index (χ2n) is 3.90. The number of ether oxygens (including phenoxy) is 1. The third kappa shape index (κ3) is 3.22. The van der Waals surface area contributed by atoms with Gasteiger partial charge in [-0.1, -0.05) is 29.8 Å². The number of aromatic nitrogens is 1. The highest BCUT2D eigenvalue weighted by molar-refractivity contribution is 7.15. The quantitative estimate of drug-likeness (QED) is 0.909. The highest BCUT2D eigenvalue weighted by Crippen LogP contribution is 2.25. The molecule has 3 nitrogen and oxygen atoms in total. The van der Waals surface area contributed by atoms with Gasteiger partial charge in [-0.15, -0.1) is 11.3 Å². The lowest BCUT2D eigenvalue weighted by molar-refractivity contribution is 0.401. The molecule has 0 aliphatic carbocycles. The number of nitrogens with one attached hydrogen (secondary N) is 1. The smallest absolute Gasteiger partial charge is 0.123 e. The van der Waals surface area contributed by atoms with E-state index < -0.39 is 0 Å². The Labute approximate surface area is 116 Å². The molecule has 2 rings (SSSR count). The van der Waals surface area contributed by atoms with Crippen LogP contribution in [0, 0.1) is 0 Å². The molecule has 96 valence electrons. The first kappa shape index (κ1) is 13.3. The largest absolute Gasteiger partial charge is 0.496 e. The first-order valence-corrected chi connectivity index (χ1v) is 6.86. The maximum absolute atomic E-state index is 5.85. The van der Waals surface area contributed by atoms with Gasteiger partial charge in [-0.25, -0.2) is 4.98 Å². The first-order chi connectivity index (χ1) is 8.70. The van der Waals surface area contributed by atoms with Gasteiger partial charge in [-0.3, -0.25) is 0 Å². The maximum atomic E-state index is 5.85. The molecule has 1 aromatic heterocycles. The van der Waals surface area contributed by atoms with Crippen LogP contribution >= 0.6 is 22.9 Å². The summed E-state index contributed by atoms with van der Waals surface area (Å²) >= 11 is 7.34. The summed E-state index contributed by atoms with van der Waals surface area (Å²) < 4.78 is 6.07. The van der Waals surface area contributed by atoms with Crippen LogP contribution in [0.25, 0.3) is 0 Å². The van der Waals surface area contributed by atoms with E-state index in [0.717, 1.165) is 20.7 Å². The zero-order valence-corrected chi connectivity index (χ0v) is 11.9. The Kier molecular flexibility index (Phi) is 4.58. The van der Waals surface area contributed by atoms with Crippen LogP contribution in [0.1, 0.15) is 23.5 Å². The molecule has 0 unspecified atom stereocenters. The van der Waals surface area contributed by atoms with Crippen molar-refractivity contribution in [2.24, 2.45) is 0 Å². The lowest BCUT2D eigenvalue weighted by atomic mass is 10.1. The van der Waals surface area contributed by atoms with E-state index in [1.165, 1.54) is 11.3 Å². The van der Waals surface area contributed by atoms with E-state index in [1.807, 2.05) is 18.2 Å². The van der Waals surface area contributed by atoms with Crippen molar-refractivity contribution in [3.8, 4) is 5.75 Å². The molecule has 1 heterocycles. The number of hydrogen-bond donors (Lipinski definition) is 1. The number of halogens is 1. The average Bonchev–Trinajstić information content (AvgIpc) is 2.81. The third-order valence-corrected chi connectivity index (χ3v) is 3.81. The molecule has 5 heteroatoms. The van der Waals surface area contributed by atoms with E-state index in [1.54, 1.807) is 13.3 Å². The second-order valence-corrected chi connectivity index (χ2v) is 5.65. The second kappa shape index (κ2) is 6.18. The van der Waals surface area contributed by atoms with Crippen molar-refractivity contribution >= 4 is 22.9 Å². The Morgan fingerprint density at radius 1 is 1.44 bits per heavy atom. The summed E-state index contributed by atoms with van der Waals surface area (Å²) in [7, 11) is 1.69. The van der Waals surface area contributed by atoms with Crippen LogP contribution in [-0.4, -0.2) is 12.1 Å². The zero-order chi connectivity index (χ0) is 13.0.